The van der Waals surface area contributed by atoms with Crippen molar-refractivity contribution in [3.63, 3.8) is 0 Å². The number of halogens is 1. The van der Waals surface area contributed by atoms with Crippen LogP contribution >= 0.6 is 0 Å². The Labute approximate surface area is 213 Å². The van der Waals surface area contributed by atoms with E-state index in [1.165, 1.54) is 11.0 Å². The standard InChI is InChI=1S/C27H36FN3O4S/c1-4-5-15-35-24-9-6-20(7-10-24)27(32)30(3)21-8-11-26(25(28)17-21)31-14-12-22(18-31)29(2)23-13-16-36(33,34)19-23/h6-11,17,22-23H,4-5,12-16,18-19H2,1-3H3. The molecule has 2 aromatic rings. The summed E-state index contributed by atoms with van der Waals surface area (Å²) >= 11 is 0. The van der Waals surface area contributed by atoms with E-state index >= 15 is 4.39 Å². The lowest BCUT2D eigenvalue weighted by Crippen LogP contribution is -2.42. The molecule has 0 spiro atoms. The Bertz CT molecular complexity index is 1170. The summed E-state index contributed by atoms with van der Waals surface area (Å²) in [5.41, 5.74) is 1.49. The minimum absolute atomic E-state index is 0.0313. The van der Waals surface area contributed by atoms with E-state index < -0.39 is 9.84 Å². The lowest BCUT2D eigenvalue weighted by molar-refractivity contribution is 0.0993. The fourth-order valence-corrected chi connectivity index (χ4v) is 6.77. The van der Waals surface area contributed by atoms with Crippen LogP contribution in [0.5, 0.6) is 5.75 Å². The van der Waals surface area contributed by atoms with Crippen molar-refractivity contribution in [1.29, 1.82) is 0 Å². The zero-order valence-corrected chi connectivity index (χ0v) is 22.1. The summed E-state index contributed by atoms with van der Waals surface area (Å²) < 4.78 is 44.5. The third kappa shape index (κ3) is 6.00. The number of benzene rings is 2. The van der Waals surface area contributed by atoms with Gasteiger partial charge in [-0.2, -0.15) is 0 Å². The minimum Gasteiger partial charge on any atom is -0.494 e. The highest BCUT2D eigenvalue weighted by Gasteiger charge is 2.36. The molecule has 9 heteroatoms. The van der Waals surface area contributed by atoms with E-state index in [2.05, 4.69) is 11.8 Å². The van der Waals surface area contributed by atoms with Gasteiger partial charge in [0.15, 0.2) is 9.84 Å². The molecule has 1 amide bonds. The van der Waals surface area contributed by atoms with E-state index in [1.807, 2.05) is 11.9 Å². The fourth-order valence-electron chi connectivity index (χ4n) is 4.99. The largest absolute Gasteiger partial charge is 0.494 e. The van der Waals surface area contributed by atoms with E-state index in [4.69, 9.17) is 4.74 Å². The first-order valence-corrected chi connectivity index (χ1v) is 14.5. The number of ether oxygens (including phenoxy) is 1. The van der Waals surface area contributed by atoms with E-state index in [-0.39, 0.29) is 35.3 Å². The summed E-state index contributed by atoms with van der Waals surface area (Å²) in [6.07, 6.45) is 3.54. The number of anilines is 2. The summed E-state index contributed by atoms with van der Waals surface area (Å²) in [5.74, 6) is 0.577. The van der Waals surface area contributed by atoms with Crippen molar-refractivity contribution >= 4 is 27.1 Å². The Balaban J connectivity index is 1.38. The van der Waals surface area contributed by atoms with Crippen LogP contribution in [-0.4, -0.2) is 76.6 Å². The average molecular weight is 518 g/mol. The zero-order chi connectivity index (χ0) is 25.9. The molecule has 0 N–H and O–H groups in total. The summed E-state index contributed by atoms with van der Waals surface area (Å²) in [5, 5.41) is 0. The van der Waals surface area contributed by atoms with Crippen molar-refractivity contribution in [2.24, 2.45) is 0 Å². The molecule has 2 atom stereocenters. The number of rotatable bonds is 9. The van der Waals surface area contributed by atoms with Crippen LogP contribution in [0.15, 0.2) is 42.5 Å². The van der Waals surface area contributed by atoms with Crippen LogP contribution in [0.3, 0.4) is 0 Å². The van der Waals surface area contributed by atoms with Gasteiger partial charge in [0.2, 0.25) is 0 Å². The number of likely N-dealkylation sites (N-methyl/N-ethyl adjacent to an activating group) is 1. The predicted molar refractivity (Wildman–Crippen MR) is 141 cm³/mol. The Morgan fingerprint density at radius 2 is 1.86 bits per heavy atom. The Morgan fingerprint density at radius 1 is 1.11 bits per heavy atom. The van der Waals surface area contributed by atoms with Gasteiger partial charge in [-0.1, -0.05) is 13.3 Å². The van der Waals surface area contributed by atoms with Gasteiger partial charge in [0, 0.05) is 43.5 Å². The van der Waals surface area contributed by atoms with E-state index in [1.54, 1.807) is 43.4 Å². The first-order valence-electron chi connectivity index (χ1n) is 12.7. The number of amides is 1. The molecular weight excluding hydrogens is 481 g/mol. The molecule has 196 valence electrons. The topological polar surface area (TPSA) is 70.2 Å². The van der Waals surface area contributed by atoms with Gasteiger partial charge in [0.1, 0.15) is 11.6 Å². The number of sulfone groups is 1. The predicted octanol–water partition coefficient (Wildman–Crippen LogP) is 3.98. The second kappa shape index (κ2) is 11.2. The number of nitrogens with zero attached hydrogens (tertiary/aromatic N) is 3. The maximum atomic E-state index is 15.2. The number of carbonyl (C=O) groups is 1. The second-order valence-corrected chi connectivity index (χ2v) is 12.1. The maximum absolute atomic E-state index is 15.2. The molecule has 0 radical (unpaired) electrons. The summed E-state index contributed by atoms with van der Waals surface area (Å²) in [6.45, 7) is 4.09. The molecular formula is C27H36FN3O4S. The molecule has 4 rings (SSSR count). The molecule has 2 saturated heterocycles. The van der Waals surface area contributed by atoms with Crippen LogP contribution in [0.4, 0.5) is 15.8 Å². The van der Waals surface area contributed by atoms with Gasteiger partial charge in [0.05, 0.1) is 23.8 Å². The molecule has 2 heterocycles. The molecule has 2 fully saturated rings. The molecule has 36 heavy (non-hydrogen) atoms. The van der Waals surface area contributed by atoms with Gasteiger partial charge in [-0.3, -0.25) is 9.69 Å². The van der Waals surface area contributed by atoms with Gasteiger partial charge in [-0.15, -0.1) is 0 Å². The van der Waals surface area contributed by atoms with Crippen molar-refractivity contribution in [3.8, 4) is 5.75 Å². The Hall–Kier alpha value is -2.65. The van der Waals surface area contributed by atoms with Crippen LogP contribution in [-0.2, 0) is 9.84 Å². The smallest absolute Gasteiger partial charge is 0.258 e. The molecule has 2 aliphatic heterocycles. The minimum atomic E-state index is -2.94. The molecule has 0 aromatic heterocycles. The van der Waals surface area contributed by atoms with E-state index in [9.17, 15) is 13.2 Å². The molecule has 7 nitrogen and oxygen atoms in total. The van der Waals surface area contributed by atoms with Crippen LogP contribution in [0.1, 0.15) is 43.0 Å². The van der Waals surface area contributed by atoms with Gasteiger partial charge in [0.25, 0.3) is 5.91 Å². The average Bonchev–Trinajstić information content (AvgIpc) is 3.50. The Morgan fingerprint density at radius 3 is 2.50 bits per heavy atom. The molecule has 0 aliphatic carbocycles. The molecule has 0 bridgehead atoms. The normalized spacial score (nSPS) is 21.2. The van der Waals surface area contributed by atoms with E-state index in [0.717, 1.165) is 25.0 Å². The first-order chi connectivity index (χ1) is 17.2. The number of hydrogen-bond donors (Lipinski definition) is 0. The fraction of sp³-hybridized carbons (Fsp3) is 0.519. The Kier molecular flexibility index (Phi) is 8.20. The SMILES string of the molecule is CCCCOc1ccc(C(=O)N(C)c2ccc(N3CCC(N(C)C4CCS(=O)(=O)C4)C3)c(F)c2)cc1. The van der Waals surface area contributed by atoms with Gasteiger partial charge >= 0.3 is 0 Å². The maximum Gasteiger partial charge on any atom is 0.258 e. The lowest BCUT2D eigenvalue weighted by Gasteiger charge is -2.30. The molecule has 0 saturated carbocycles. The summed E-state index contributed by atoms with van der Waals surface area (Å²) in [6, 6.07) is 12.1. The summed E-state index contributed by atoms with van der Waals surface area (Å²) in [7, 11) is 0.670. The number of hydrogen-bond acceptors (Lipinski definition) is 6. The number of unbranched alkanes of at least 4 members (excludes halogenated alkanes) is 1. The summed E-state index contributed by atoms with van der Waals surface area (Å²) in [4.78, 5) is 18.6. The molecule has 2 aromatic carbocycles. The third-order valence-corrected chi connectivity index (χ3v) is 9.11. The lowest BCUT2D eigenvalue weighted by atomic mass is 10.1. The first kappa shape index (κ1) is 26.4. The quantitative estimate of drug-likeness (QED) is 0.469. The van der Waals surface area contributed by atoms with Crippen LogP contribution in [0, 0.1) is 5.82 Å². The third-order valence-electron chi connectivity index (χ3n) is 7.36. The van der Waals surface area contributed by atoms with Crippen molar-refractivity contribution in [1.82, 2.24) is 4.90 Å². The molecule has 2 aliphatic rings. The highest BCUT2D eigenvalue weighted by molar-refractivity contribution is 7.91. The number of carbonyl (C=O) groups excluding carboxylic acids is 1. The van der Waals surface area contributed by atoms with Crippen molar-refractivity contribution in [2.45, 2.75) is 44.7 Å². The van der Waals surface area contributed by atoms with Crippen molar-refractivity contribution in [3.05, 3.63) is 53.8 Å². The van der Waals surface area contributed by atoms with Gasteiger partial charge < -0.3 is 14.5 Å². The van der Waals surface area contributed by atoms with E-state index in [0.29, 0.717) is 43.1 Å². The van der Waals surface area contributed by atoms with Crippen molar-refractivity contribution in [2.75, 3.05) is 55.1 Å². The van der Waals surface area contributed by atoms with Crippen LogP contribution in [0.25, 0.3) is 0 Å². The van der Waals surface area contributed by atoms with Crippen LogP contribution < -0.4 is 14.5 Å². The van der Waals surface area contributed by atoms with Gasteiger partial charge in [-0.05, 0) is 68.8 Å². The highest BCUT2D eigenvalue weighted by Crippen LogP contribution is 2.30. The monoisotopic (exact) mass is 517 g/mol. The second-order valence-electron chi connectivity index (χ2n) is 9.84. The van der Waals surface area contributed by atoms with Crippen LogP contribution in [0.2, 0.25) is 0 Å². The van der Waals surface area contributed by atoms with Crippen molar-refractivity contribution < 1.29 is 22.3 Å². The van der Waals surface area contributed by atoms with Gasteiger partial charge in [-0.25, -0.2) is 12.8 Å². The highest BCUT2D eigenvalue weighted by atomic mass is 32.2. The molecule has 2 unspecified atom stereocenters. The zero-order valence-electron chi connectivity index (χ0n) is 21.3.